The Morgan fingerprint density at radius 3 is 1.87 bits per heavy atom. The third-order valence-corrected chi connectivity index (χ3v) is 11.3. The molecule has 5 heterocycles. The summed E-state index contributed by atoms with van der Waals surface area (Å²) in [7, 11) is 0. The molecule has 0 fully saturated rings. The van der Waals surface area contributed by atoms with Gasteiger partial charge >= 0.3 is 0 Å². The van der Waals surface area contributed by atoms with Crippen molar-refractivity contribution in [3.05, 3.63) is 133 Å². The Kier molecular flexibility index (Phi) is 4.52. The average Bonchev–Trinajstić information content (AvgIpc) is 3.80. The summed E-state index contributed by atoms with van der Waals surface area (Å²) in [6.07, 6.45) is 1.99. The maximum Gasteiger partial charge on any atom is 0.159 e. The van der Waals surface area contributed by atoms with E-state index in [0.29, 0.717) is 0 Å². The third-order valence-electron chi connectivity index (χ3n) is 10.2. The van der Waals surface area contributed by atoms with Gasteiger partial charge in [0.1, 0.15) is 0 Å². The van der Waals surface area contributed by atoms with E-state index in [9.17, 15) is 0 Å². The van der Waals surface area contributed by atoms with Crippen molar-refractivity contribution in [2.75, 3.05) is 0 Å². The minimum absolute atomic E-state index is 0.217. The Balaban J connectivity index is 1.53. The Labute approximate surface area is 267 Å². The molecule has 0 saturated carbocycles. The molecule has 0 amide bonds. The predicted molar refractivity (Wildman–Crippen MR) is 194 cm³/mol. The fourth-order valence-corrected chi connectivity index (χ4v) is 9.34. The molecule has 10 aromatic rings. The van der Waals surface area contributed by atoms with Crippen molar-refractivity contribution < 1.29 is 0 Å². The second-order valence-corrected chi connectivity index (χ2v) is 14.2. The smallest absolute Gasteiger partial charge is 0.159 e. The van der Waals surface area contributed by atoms with Crippen LogP contribution in [0, 0.1) is 0 Å². The molecule has 5 aromatic heterocycles. The van der Waals surface area contributed by atoms with E-state index in [-0.39, 0.29) is 5.41 Å². The monoisotopic (exact) mass is 606 g/mol. The van der Waals surface area contributed by atoms with Crippen LogP contribution in [-0.2, 0) is 5.41 Å². The SMILES string of the molecule is CC1(C)c2c3ccccc3n3c4cccc(c4)c4ccc5sc6cnc(nc6c5c4)c4cccc(c4)n4c5ccccc5c1c4c23. The topological polar surface area (TPSA) is 34.6 Å². The van der Waals surface area contributed by atoms with E-state index < -0.39 is 0 Å². The molecule has 0 unspecified atom stereocenters. The maximum atomic E-state index is 5.21. The van der Waals surface area contributed by atoms with Crippen molar-refractivity contribution in [1.29, 1.82) is 0 Å². The first-order valence-electron chi connectivity index (χ1n) is 15.8. The predicted octanol–water partition coefficient (Wildman–Crippen LogP) is 10.9. The van der Waals surface area contributed by atoms with Gasteiger partial charge in [0.05, 0.1) is 32.3 Å². The first-order valence-corrected chi connectivity index (χ1v) is 16.6. The Morgan fingerprint density at radius 1 is 0.565 bits per heavy atom. The molecule has 0 atom stereocenters. The summed E-state index contributed by atoms with van der Waals surface area (Å²) in [5.41, 5.74) is 11.5. The molecular weight excluding hydrogens is 581 g/mol. The molecule has 0 saturated heterocycles. The lowest BCUT2D eigenvalue weighted by atomic mass is 9.80. The van der Waals surface area contributed by atoms with Crippen LogP contribution in [0.15, 0.2) is 121 Å². The van der Waals surface area contributed by atoms with Crippen LogP contribution in [0.4, 0.5) is 0 Å². The van der Waals surface area contributed by atoms with Gasteiger partial charge in [0, 0.05) is 48.9 Å². The maximum absolute atomic E-state index is 5.21. The minimum Gasteiger partial charge on any atom is -0.307 e. The van der Waals surface area contributed by atoms with E-state index in [4.69, 9.17) is 9.97 Å². The molecule has 0 aliphatic heterocycles. The van der Waals surface area contributed by atoms with Crippen molar-refractivity contribution in [2.24, 2.45) is 0 Å². The van der Waals surface area contributed by atoms with E-state index in [1.165, 1.54) is 64.8 Å². The number of para-hydroxylation sites is 2. The van der Waals surface area contributed by atoms with Crippen molar-refractivity contribution in [1.82, 2.24) is 18.8 Å². The lowest BCUT2D eigenvalue weighted by molar-refractivity contribution is 0.674. The van der Waals surface area contributed by atoms with Crippen molar-refractivity contribution >= 4 is 97.3 Å². The summed E-state index contributed by atoms with van der Waals surface area (Å²) in [5, 5.41) is 7.16. The molecule has 216 valence electrons. The van der Waals surface area contributed by atoms with Crippen molar-refractivity contribution in [2.45, 2.75) is 19.3 Å². The molecule has 5 aromatic carbocycles. The second-order valence-electron chi connectivity index (χ2n) is 13.1. The lowest BCUT2D eigenvalue weighted by Gasteiger charge is -2.21. The first kappa shape index (κ1) is 24.8. The van der Waals surface area contributed by atoms with E-state index in [1.54, 1.807) is 11.3 Å². The standard InChI is InChI=1S/C41H26N4S/c1-41(2)35-28-13-3-5-15-31(28)44-26-11-7-9-23(19-26)24-17-18-33-30(21-24)37-34(46-33)22-42-40(43-37)25-10-8-12-27(20-25)45-32-16-6-4-14-29(32)36(41)39(45)38(35)44/h3-22H,1-2H3. The summed E-state index contributed by atoms with van der Waals surface area (Å²) in [4.78, 5) is 10.1. The average molecular weight is 607 g/mol. The number of hydrogen-bond acceptors (Lipinski definition) is 3. The first-order chi connectivity index (χ1) is 22.6. The second kappa shape index (κ2) is 8.39. The molecule has 0 N–H and O–H groups in total. The van der Waals surface area contributed by atoms with Crippen LogP contribution in [0.1, 0.15) is 25.0 Å². The Morgan fingerprint density at radius 2 is 1.17 bits per heavy atom. The molecule has 1 aliphatic rings. The molecule has 46 heavy (non-hydrogen) atoms. The summed E-state index contributed by atoms with van der Waals surface area (Å²) in [5.74, 6) is 0. The van der Waals surface area contributed by atoms with Crippen molar-refractivity contribution in [3.8, 4) is 0 Å². The zero-order valence-corrected chi connectivity index (χ0v) is 26.1. The van der Waals surface area contributed by atoms with Gasteiger partial charge in [-0.25, -0.2) is 9.97 Å². The highest BCUT2D eigenvalue weighted by molar-refractivity contribution is 7.25. The molecule has 11 rings (SSSR count). The number of fused-ring (bicyclic) bond motifs is 16. The van der Waals surface area contributed by atoms with Gasteiger partial charge in [0.15, 0.2) is 5.65 Å². The van der Waals surface area contributed by atoms with Crippen LogP contribution in [0.2, 0.25) is 0 Å². The normalized spacial score (nSPS) is 14.0. The number of rotatable bonds is 0. The lowest BCUT2D eigenvalue weighted by Crippen LogP contribution is -2.15. The highest BCUT2D eigenvalue weighted by Crippen LogP contribution is 2.52. The minimum atomic E-state index is -0.217. The third kappa shape index (κ3) is 2.99. The van der Waals surface area contributed by atoms with Crippen LogP contribution in [0.3, 0.4) is 0 Å². The Hall–Kier alpha value is -5.52. The van der Waals surface area contributed by atoms with E-state index in [0.717, 1.165) is 32.3 Å². The highest BCUT2D eigenvalue weighted by Gasteiger charge is 2.40. The Bertz CT molecular complexity index is 2860. The summed E-state index contributed by atoms with van der Waals surface area (Å²) >= 11 is 1.76. The largest absolute Gasteiger partial charge is 0.307 e. The van der Waals surface area contributed by atoms with Gasteiger partial charge < -0.3 is 8.80 Å². The van der Waals surface area contributed by atoms with Gasteiger partial charge in [0.25, 0.3) is 0 Å². The summed E-state index contributed by atoms with van der Waals surface area (Å²) < 4.78 is 7.33. The van der Waals surface area contributed by atoms with Gasteiger partial charge in [0.2, 0.25) is 0 Å². The van der Waals surface area contributed by atoms with E-state index >= 15 is 0 Å². The van der Waals surface area contributed by atoms with Crippen LogP contribution >= 0.6 is 11.3 Å². The van der Waals surface area contributed by atoms with Gasteiger partial charge in [-0.3, -0.25) is 0 Å². The molecule has 1 aliphatic carbocycles. The number of hydrogen-bond donors (Lipinski definition) is 0. The van der Waals surface area contributed by atoms with Gasteiger partial charge in [-0.1, -0.05) is 80.6 Å². The van der Waals surface area contributed by atoms with Crippen LogP contribution in [-0.4, -0.2) is 18.8 Å². The fraction of sp³-hybridized carbons (Fsp3) is 0.0732. The highest BCUT2D eigenvalue weighted by atomic mass is 32.1. The molecule has 5 heteroatoms. The quantitative estimate of drug-likeness (QED) is 0.172. The zero-order valence-electron chi connectivity index (χ0n) is 25.2. The van der Waals surface area contributed by atoms with E-state index in [2.05, 4.69) is 138 Å². The van der Waals surface area contributed by atoms with Gasteiger partial charge in [-0.05, 0) is 70.4 Å². The van der Waals surface area contributed by atoms with Crippen LogP contribution in [0.5, 0.6) is 0 Å². The molecule has 0 spiro atoms. The number of thiophene rings is 1. The number of benzene rings is 5. The number of aromatic nitrogens is 4. The van der Waals surface area contributed by atoms with Crippen LogP contribution < -0.4 is 0 Å². The van der Waals surface area contributed by atoms with Gasteiger partial charge in [-0.2, -0.15) is 0 Å². The zero-order chi connectivity index (χ0) is 30.3. The van der Waals surface area contributed by atoms with E-state index in [1.807, 2.05) is 6.20 Å². The number of nitrogens with zero attached hydrogens (tertiary/aromatic N) is 4. The molecule has 8 bridgehead atoms. The molecular formula is C41H26N4S. The summed E-state index contributed by atoms with van der Waals surface area (Å²) in [6, 6.07) is 42.4. The van der Waals surface area contributed by atoms with Gasteiger partial charge in [-0.15, -0.1) is 11.3 Å². The van der Waals surface area contributed by atoms with Crippen LogP contribution in [0.25, 0.3) is 86.0 Å². The van der Waals surface area contributed by atoms with Crippen molar-refractivity contribution in [3.63, 3.8) is 0 Å². The fourth-order valence-electron chi connectivity index (χ4n) is 8.34. The summed E-state index contributed by atoms with van der Waals surface area (Å²) in [6.45, 7) is 4.80. The molecule has 4 nitrogen and oxygen atoms in total. The molecule has 0 radical (unpaired) electrons.